The van der Waals surface area contributed by atoms with Crippen molar-refractivity contribution in [2.45, 2.75) is 42.9 Å². The molecule has 116 valence electrons. The van der Waals surface area contributed by atoms with Crippen molar-refractivity contribution in [2.24, 2.45) is 5.14 Å². The second kappa shape index (κ2) is 5.48. The van der Waals surface area contributed by atoms with Crippen LogP contribution in [-0.4, -0.2) is 13.4 Å². The van der Waals surface area contributed by atoms with Gasteiger partial charge in [-0.1, -0.05) is 32.0 Å². The minimum absolute atomic E-state index is 0.161. The fourth-order valence-corrected chi connectivity index (χ4v) is 3.31. The molecule has 1 aliphatic carbocycles. The highest BCUT2D eigenvalue weighted by Crippen LogP contribution is 2.54. The minimum atomic E-state index is -3.62. The van der Waals surface area contributed by atoms with Gasteiger partial charge in [-0.2, -0.15) is 0 Å². The molecule has 1 saturated carbocycles. The van der Waals surface area contributed by atoms with Gasteiger partial charge in [-0.05, 0) is 48.1 Å². The third kappa shape index (κ3) is 3.05. The molecule has 0 amide bonds. The molecular formula is C17H20N2O2S. The van der Waals surface area contributed by atoms with Gasteiger partial charge in [0.2, 0.25) is 10.0 Å². The molecule has 1 aromatic heterocycles. The average molecular weight is 316 g/mol. The van der Waals surface area contributed by atoms with E-state index in [0.29, 0.717) is 17.8 Å². The highest BCUT2D eigenvalue weighted by Gasteiger charge is 2.40. The normalized spacial score (nSPS) is 21.1. The van der Waals surface area contributed by atoms with Gasteiger partial charge in [0.1, 0.15) is 0 Å². The molecule has 1 aliphatic rings. The number of hydrogen-bond acceptors (Lipinski definition) is 3. The van der Waals surface area contributed by atoms with Gasteiger partial charge in [0.15, 0.2) is 0 Å². The lowest BCUT2D eigenvalue weighted by atomic mass is 10.1. The maximum atomic E-state index is 11.3. The van der Waals surface area contributed by atoms with E-state index in [0.717, 1.165) is 23.4 Å². The largest absolute Gasteiger partial charge is 0.257 e. The van der Waals surface area contributed by atoms with Crippen molar-refractivity contribution >= 4 is 10.0 Å². The third-order valence-corrected chi connectivity index (χ3v) is 5.12. The molecular weight excluding hydrogens is 296 g/mol. The quantitative estimate of drug-likeness (QED) is 0.942. The van der Waals surface area contributed by atoms with E-state index in [1.807, 2.05) is 12.1 Å². The Bertz CT molecular complexity index is 783. The molecule has 2 atom stereocenters. The smallest absolute Gasteiger partial charge is 0.238 e. The number of hydrogen-bond donors (Lipinski definition) is 1. The lowest BCUT2D eigenvalue weighted by molar-refractivity contribution is 0.598. The van der Waals surface area contributed by atoms with E-state index >= 15 is 0 Å². The summed E-state index contributed by atoms with van der Waals surface area (Å²) in [5.74, 6) is 1.27. The van der Waals surface area contributed by atoms with E-state index in [-0.39, 0.29) is 4.90 Å². The number of sulfonamides is 1. The molecule has 22 heavy (non-hydrogen) atoms. The van der Waals surface area contributed by atoms with Gasteiger partial charge in [-0.25, -0.2) is 13.6 Å². The van der Waals surface area contributed by atoms with Gasteiger partial charge in [0.25, 0.3) is 0 Å². The number of rotatable bonds is 4. The number of pyridine rings is 1. The van der Waals surface area contributed by atoms with Crippen molar-refractivity contribution in [1.29, 1.82) is 0 Å². The molecule has 0 radical (unpaired) electrons. The first-order valence-corrected chi connectivity index (χ1v) is 9.00. The summed E-state index contributed by atoms with van der Waals surface area (Å²) in [4.78, 5) is 4.91. The van der Waals surface area contributed by atoms with Gasteiger partial charge in [-0.15, -0.1) is 0 Å². The van der Waals surface area contributed by atoms with Crippen molar-refractivity contribution in [1.82, 2.24) is 4.98 Å². The Hall–Kier alpha value is -1.72. The van der Waals surface area contributed by atoms with Gasteiger partial charge >= 0.3 is 0 Å². The summed E-state index contributed by atoms with van der Waals surface area (Å²) in [6.45, 7) is 4.28. The molecule has 0 aliphatic heterocycles. The van der Waals surface area contributed by atoms with Crippen LogP contribution in [-0.2, 0) is 10.0 Å². The molecule has 1 aromatic carbocycles. The monoisotopic (exact) mass is 316 g/mol. The van der Waals surface area contributed by atoms with Crippen LogP contribution < -0.4 is 5.14 Å². The molecule has 2 aromatic rings. The van der Waals surface area contributed by atoms with E-state index in [4.69, 9.17) is 10.1 Å². The second-order valence-corrected chi connectivity index (χ2v) is 7.77. The van der Waals surface area contributed by atoms with Crippen LogP contribution in [0, 0.1) is 0 Å². The van der Waals surface area contributed by atoms with Crippen molar-refractivity contribution in [3.8, 4) is 0 Å². The van der Waals surface area contributed by atoms with Gasteiger partial charge < -0.3 is 0 Å². The van der Waals surface area contributed by atoms with Crippen LogP contribution >= 0.6 is 0 Å². The molecule has 1 heterocycles. The highest BCUT2D eigenvalue weighted by atomic mass is 32.2. The lowest BCUT2D eigenvalue weighted by Crippen LogP contribution is -2.11. The third-order valence-electron chi connectivity index (χ3n) is 4.19. The van der Waals surface area contributed by atoms with Gasteiger partial charge in [0, 0.05) is 17.3 Å². The van der Waals surface area contributed by atoms with E-state index in [9.17, 15) is 8.42 Å². The van der Waals surface area contributed by atoms with Crippen LogP contribution in [0.5, 0.6) is 0 Å². The molecule has 0 bridgehead atoms. The number of nitrogens with zero attached hydrogens (tertiary/aromatic N) is 1. The molecule has 2 N–H and O–H groups in total. The zero-order valence-electron chi connectivity index (χ0n) is 12.7. The second-order valence-electron chi connectivity index (χ2n) is 6.20. The summed E-state index contributed by atoms with van der Waals surface area (Å²) in [7, 11) is -3.62. The number of aromatic nitrogens is 1. The SMILES string of the molecule is CC(C)c1cccc([C@@H]2C[C@H]2c2ccc(S(N)(=O)=O)cc2)n1. The van der Waals surface area contributed by atoms with Gasteiger partial charge in [0.05, 0.1) is 4.90 Å². The van der Waals surface area contributed by atoms with Crippen LogP contribution in [0.4, 0.5) is 0 Å². The van der Waals surface area contributed by atoms with Crippen molar-refractivity contribution in [3.05, 3.63) is 59.4 Å². The first kappa shape index (κ1) is 15.2. The van der Waals surface area contributed by atoms with Crippen LogP contribution in [0.3, 0.4) is 0 Å². The molecule has 3 rings (SSSR count). The van der Waals surface area contributed by atoms with E-state index in [1.165, 1.54) is 0 Å². The topological polar surface area (TPSA) is 73.1 Å². The fraction of sp³-hybridized carbons (Fsp3) is 0.353. The molecule has 0 saturated heterocycles. The molecule has 4 nitrogen and oxygen atoms in total. The summed E-state index contributed by atoms with van der Waals surface area (Å²) in [6, 6.07) is 13.1. The number of nitrogens with two attached hydrogens (primary N) is 1. The minimum Gasteiger partial charge on any atom is -0.257 e. The van der Waals surface area contributed by atoms with E-state index in [2.05, 4.69) is 32.0 Å². The summed E-state index contributed by atoms with van der Waals surface area (Å²) >= 11 is 0. The predicted octanol–water partition coefficient (Wildman–Crippen LogP) is 3.12. The maximum absolute atomic E-state index is 11.3. The van der Waals surface area contributed by atoms with Crippen LogP contribution in [0.2, 0.25) is 0 Å². The zero-order valence-corrected chi connectivity index (χ0v) is 13.5. The maximum Gasteiger partial charge on any atom is 0.238 e. The predicted molar refractivity (Wildman–Crippen MR) is 86.2 cm³/mol. The van der Waals surface area contributed by atoms with E-state index < -0.39 is 10.0 Å². The Labute approximate surface area is 131 Å². The van der Waals surface area contributed by atoms with Crippen LogP contribution in [0.25, 0.3) is 0 Å². The first-order valence-electron chi connectivity index (χ1n) is 7.46. The fourth-order valence-electron chi connectivity index (χ4n) is 2.79. The molecule has 5 heteroatoms. The Kier molecular flexibility index (Phi) is 3.78. The Morgan fingerprint density at radius 2 is 1.77 bits per heavy atom. The molecule has 0 unspecified atom stereocenters. The summed E-state index contributed by atoms with van der Waals surface area (Å²) in [6.07, 6.45) is 1.06. The van der Waals surface area contributed by atoms with E-state index in [1.54, 1.807) is 12.1 Å². The first-order chi connectivity index (χ1) is 10.4. The summed E-state index contributed by atoms with van der Waals surface area (Å²) in [5.41, 5.74) is 3.40. The summed E-state index contributed by atoms with van der Waals surface area (Å²) in [5, 5.41) is 5.12. The van der Waals surface area contributed by atoms with Crippen LogP contribution in [0.1, 0.15) is 55.0 Å². The van der Waals surface area contributed by atoms with Gasteiger partial charge in [-0.3, -0.25) is 4.98 Å². The lowest BCUT2D eigenvalue weighted by Gasteiger charge is -2.07. The zero-order chi connectivity index (χ0) is 15.9. The number of primary sulfonamides is 1. The molecule has 0 spiro atoms. The Morgan fingerprint density at radius 3 is 2.36 bits per heavy atom. The van der Waals surface area contributed by atoms with Crippen molar-refractivity contribution in [2.75, 3.05) is 0 Å². The van der Waals surface area contributed by atoms with Crippen molar-refractivity contribution in [3.63, 3.8) is 0 Å². The number of benzene rings is 1. The standard InChI is InChI=1S/C17H20N2O2S/c1-11(2)16-4-3-5-17(19-16)15-10-14(15)12-6-8-13(9-7-12)22(18,20)21/h3-9,11,14-15H,10H2,1-2H3,(H2,18,20,21)/t14-,15+/m0/s1. The Balaban J connectivity index is 1.78. The van der Waals surface area contributed by atoms with Crippen molar-refractivity contribution < 1.29 is 8.42 Å². The molecule has 1 fully saturated rings. The average Bonchev–Trinajstić information content (AvgIpc) is 3.27. The Morgan fingerprint density at radius 1 is 1.09 bits per heavy atom. The summed E-state index contributed by atoms with van der Waals surface area (Å²) < 4.78 is 22.6. The van der Waals surface area contributed by atoms with Crippen LogP contribution in [0.15, 0.2) is 47.4 Å². The highest BCUT2D eigenvalue weighted by molar-refractivity contribution is 7.89.